The van der Waals surface area contributed by atoms with E-state index in [2.05, 4.69) is 0 Å². The van der Waals surface area contributed by atoms with E-state index >= 15 is 0 Å². The normalized spacial score (nSPS) is 14.7. The Morgan fingerprint density at radius 1 is 1.24 bits per heavy atom. The summed E-state index contributed by atoms with van der Waals surface area (Å²) < 4.78 is 29.0. The van der Waals surface area contributed by atoms with Gasteiger partial charge in [0.1, 0.15) is 11.4 Å². The number of hydrogen-bond acceptors (Lipinski definition) is 6. The van der Waals surface area contributed by atoms with Crippen LogP contribution in [0.3, 0.4) is 0 Å². The highest BCUT2D eigenvalue weighted by molar-refractivity contribution is 7.54. The van der Waals surface area contributed by atoms with E-state index in [0.717, 1.165) is 5.57 Å². The standard InChI is InChI=1S/C18H27O6P/c1-15(13-19)9-8-12-25(21,24-16-10-6-5-7-11-16)22-14-17(20)23-18(2,3)4/h5-7,9-11,19H,8,12-14H2,1-4H3/b15-9+. The second-order valence-electron chi connectivity index (χ2n) is 6.60. The second-order valence-corrected chi connectivity index (χ2v) is 8.71. The fourth-order valence-electron chi connectivity index (χ4n) is 1.83. The molecular formula is C18H27O6P. The quantitative estimate of drug-likeness (QED) is 0.403. The van der Waals surface area contributed by atoms with Gasteiger partial charge in [-0.2, -0.15) is 0 Å². The molecule has 0 radical (unpaired) electrons. The molecule has 1 aromatic carbocycles. The van der Waals surface area contributed by atoms with E-state index < -0.39 is 25.8 Å². The predicted molar refractivity (Wildman–Crippen MR) is 96.8 cm³/mol. The van der Waals surface area contributed by atoms with Crippen molar-refractivity contribution in [3.63, 3.8) is 0 Å². The minimum absolute atomic E-state index is 0.0669. The molecule has 1 aromatic rings. The summed E-state index contributed by atoms with van der Waals surface area (Å²) in [6.07, 6.45) is 2.24. The van der Waals surface area contributed by atoms with Crippen molar-refractivity contribution >= 4 is 13.6 Å². The number of allylic oxidation sites excluding steroid dienone is 1. The lowest BCUT2D eigenvalue weighted by Crippen LogP contribution is -2.26. The van der Waals surface area contributed by atoms with E-state index in [4.69, 9.17) is 18.9 Å². The van der Waals surface area contributed by atoms with Crippen LogP contribution in [0.5, 0.6) is 5.75 Å². The van der Waals surface area contributed by atoms with Crippen LogP contribution in [0.15, 0.2) is 42.0 Å². The number of carbonyl (C=O) groups is 1. The Hall–Kier alpha value is -1.62. The third-order valence-corrected chi connectivity index (χ3v) is 4.75. The van der Waals surface area contributed by atoms with Crippen LogP contribution < -0.4 is 4.52 Å². The van der Waals surface area contributed by atoms with Crippen LogP contribution in [0.2, 0.25) is 0 Å². The van der Waals surface area contributed by atoms with E-state index in [1.54, 1.807) is 58.0 Å². The zero-order valence-electron chi connectivity index (χ0n) is 15.2. The van der Waals surface area contributed by atoms with Gasteiger partial charge in [0.15, 0.2) is 6.61 Å². The maximum atomic E-state index is 13.0. The van der Waals surface area contributed by atoms with E-state index in [-0.39, 0.29) is 12.8 Å². The molecule has 25 heavy (non-hydrogen) atoms. The minimum Gasteiger partial charge on any atom is -0.458 e. The molecule has 0 saturated carbocycles. The van der Waals surface area contributed by atoms with E-state index in [1.165, 1.54) is 0 Å². The highest BCUT2D eigenvalue weighted by atomic mass is 31.2. The molecule has 0 saturated heterocycles. The van der Waals surface area contributed by atoms with Gasteiger partial charge in [-0.3, -0.25) is 4.52 Å². The molecule has 1 rings (SSSR count). The molecule has 140 valence electrons. The maximum absolute atomic E-state index is 13.0. The van der Waals surface area contributed by atoms with Crippen LogP contribution in [0, 0.1) is 0 Å². The molecule has 0 aliphatic heterocycles. The minimum atomic E-state index is -3.55. The van der Waals surface area contributed by atoms with Crippen molar-refractivity contribution in [2.24, 2.45) is 0 Å². The number of ether oxygens (including phenoxy) is 1. The highest BCUT2D eigenvalue weighted by Crippen LogP contribution is 2.49. The number of para-hydroxylation sites is 1. The molecule has 0 spiro atoms. The molecule has 0 bridgehead atoms. The summed E-state index contributed by atoms with van der Waals surface area (Å²) in [5.74, 6) is -0.204. The molecular weight excluding hydrogens is 343 g/mol. The molecule has 0 aliphatic rings. The Morgan fingerprint density at radius 3 is 2.44 bits per heavy atom. The smallest absolute Gasteiger partial charge is 0.380 e. The molecule has 0 aliphatic carbocycles. The van der Waals surface area contributed by atoms with Gasteiger partial charge in [0, 0.05) is 0 Å². The van der Waals surface area contributed by atoms with Crippen molar-refractivity contribution in [2.75, 3.05) is 19.4 Å². The van der Waals surface area contributed by atoms with Gasteiger partial charge >= 0.3 is 13.6 Å². The number of benzene rings is 1. The van der Waals surface area contributed by atoms with E-state index in [0.29, 0.717) is 12.2 Å². The summed E-state index contributed by atoms with van der Waals surface area (Å²) in [5.41, 5.74) is 0.115. The largest absolute Gasteiger partial charge is 0.458 e. The summed E-state index contributed by atoms with van der Waals surface area (Å²) >= 11 is 0. The van der Waals surface area contributed by atoms with Crippen LogP contribution in [0.1, 0.15) is 34.1 Å². The Kier molecular flexibility index (Phi) is 8.36. The first-order valence-electron chi connectivity index (χ1n) is 8.10. The highest BCUT2D eigenvalue weighted by Gasteiger charge is 2.28. The van der Waals surface area contributed by atoms with E-state index in [9.17, 15) is 9.36 Å². The number of esters is 1. The van der Waals surface area contributed by atoms with E-state index in [1.807, 2.05) is 6.07 Å². The van der Waals surface area contributed by atoms with Crippen molar-refractivity contribution in [1.29, 1.82) is 0 Å². The van der Waals surface area contributed by atoms with Gasteiger partial charge in [-0.1, -0.05) is 29.8 Å². The fourth-order valence-corrected chi connectivity index (χ4v) is 3.30. The summed E-state index contributed by atoms with van der Waals surface area (Å²) in [5, 5.41) is 9.02. The van der Waals surface area contributed by atoms with Gasteiger partial charge in [-0.05, 0) is 46.2 Å². The van der Waals surface area contributed by atoms with Gasteiger partial charge < -0.3 is 14.4 Å². The molecule has 0 fully saturated rings. The summed E-state index contributed by atoms with van der Waals surface area (Å²) in [7, 11) is -3.55. The Balaban J connectivity index is 2.76. The summed E-state index contributed by atoms with van der Waals surface area (Å²) in [4.78, 5) is 11.8. The molecule has 1 N–H and O–H groups in total. The van der Waals surface area contributed by atoms with Crippen molar-refractivity contribution in [3.8, 4) is 5.75 Å². The Bertz CT molecular complexity index is 618. The first-order valence-corrected chi connectivity index (χ1v) is 9.83. The second kappa shape index (κ2) is 9.76. The molecule has 1 atom stereocenters. The van der Waals surface area contributed by atoms with Gasteiger partial charge in [0.05, 0.1) is 12.8 Å². The topological polar surface area (TPSA) is 82.1 Å². The number of aliphatic hydroxyl groups is 1. The fraction of sp³-hybridized carbons (Fsp3) is 0.500. The number of rotatable bonds is 9. The number of aliphatic hydroxyl groups excluding tert-OH is 1. The first-order chi connectivity index (χ1) is 11.6. The molecule has 7 heteroatoms. The molecule has 0 aromatic heterocycles. The lowest BCUT2D eigenvalue weighted by molar-refractivity contribution is -0.157. The van der Waals surface area contributed by atoms with Gasteiger partial charge in [-0.15, -0.1) is 0 Å². The average molecular weight is 370 g/mol. The number of hydrogen-bond donors (Lipinski definition) is 1. The summed E-state index contributed by atoms with van der Waals surface area (Å²) in [6, 6.07) is 8.65. The monoisotopic (exact) mass is 370 g/mol. The van der Waals surface area contributed by atoms with Gasteiger partial charge in [0.25, 0.3) is 0 Å². The molecule has 0 amide bonds. The lowest BCUT2D eigenvalue weighted by atomic mass is 10.2. The third-order valence-electron chi connectivity index (χ3n) is 2.93. The molecule has 1 unspecified atom stereocenters. The van der Waals surface area contributed by atoms with Crippen molar-refractivity contribution in [1.82, 2.24) is 0 Å². The molecule has 0 heterocycles. The van der Waals surface area contributed by atoms with Crippen LogP contribution in [0.4, 0.5) is 0 Å². The van der Waals surface area contributed by atoms with Crippen molar-refractivity contribution < 1.29 is 28.3 Å². The molecule has 6 nitrogen and oxygen atoms in total. The maximum Gasteiger partial charge on any atom is 0.380 e. The zero-order chi connectivity index (χ0) is 18.9. The Morgan fingerprint density at radius 2 is 1.88 bits per heavy atom. The van der Waals surface area contributed by atoms with Crippen LogP contribution >= 0.6 is 7.60 Å². The zero-order valence-corrected chi connectivity index (χ0v) is 16.1. The van der Waals surface area contributed by atoms with Crippen LogP contribution in [0.25, 0.3) is 0 Å². The van der Waals surface area contributed by atoms with Crippen LogP contribution in [-0.4, -0.2) is 36.1 Å². The third kappa shape index (κ3) is 9.44. The predicted octanol–water partition coefficient (Wildman–Crippen LogP) is 3.95. The van der Waals surface area contributed by atoms with Gasteiger partial charge in [-0.25, -0.2) is 9.36 Å². The lowest BCUT2D eigenvalue weighted by Gasteiger charge is -2.22. The first kappa shape index (κ1) is 21.4. The average Bonchev–Trinajstić information content (AvgIpc) is 2.52. The SMILES string of the molecule is C/C(=C\CCP(=O)(OCC(=O)OC(C)(C)C)Oc1ccccc1)CO. The van der Waals surface area contributed by atoms with Crippen molar-refractivity contribution in [2.45, 2.75) is 39.7 Å². The van der Waals surface area contributed by atoms with Crippen molar-refractivity contribution in [3.05, 3.63) is 42.0 Å². The Labute approximate surface area is 149 Å². The van der Waals surface area contributed by atoms with Gasteiger partial charge in [0.2, 0.25) is 0 Å². The number of carbonyl (C=O) groups excluding carboxylic acids is 1. The summed E-state index contributed by atoms with van der Waals surface area (Å²) in [6.45, 7) is 6.48. The van der Waals surface area contributed by atoms with Crippen LogP contribution in [-0.2, 0) is 18.6 Å².